The second-order valence-electron chi connectivity index (χ2n) is 3.21. The second-order valence-corrected chi connectivity index (χ2v) is 4.81. The molecular weight excluding hydrogens is 242 g/mol. The number of rotatable bonds is 3. The van der Waals surface area contributed by atoms with E-state index in [1.165, 1.54) is 11.3 Å². The van der Waals surface area contributed by atoms with Gasteiger partial charge in [0.25, 0.3) is 0 Å². The third-order valence-corrected chi connectivity index (χ3v) is 3.42. The minimum atomic E-state index is -0.234. The van der Waals surface area contributed by atoms with Crippen LogP contribution in [0.5, 0.6) is 0 Å². The zero-order chi connectivity index (χ0) is 11.5. The van der Waals surface area contributed by atoms with Crippen LogP contribution >= 0.6 is 24.0 Å². The number of carbonyl (C=O) groups excluding carboxylic acids is 1. The molecule has 0 radical (unpaired) electrons. The minimum absolute atomic E-state index is 0.234. The average molecular weight is 253 g/mol. The number of nitrogens with zero attached hydrogens (tertiary/aromatic N) is 1. The van der Waals surface area contributed by atoms with Crippen LogP contribution in [0.4, 0.5) is 0 Å². The van der Waals surface area contributed by atoms with E-state index in [4.69, 9.17) is 4.74 Å². The fourth-order valence-corrected chi connectivity index (χ4v) is 2.70. The molecule has 0 saturated carbocycles. The van der Waals surface area contributed by atoms with Gasteiger partial charge in [0.1, 0.15) is 5.01 Å². The lowest BCUT2D eigenvalue weighted by atomic mass is 10.3. The van der Waals surface area contributed by atoms with Crippen LogP contribution in [0.2, 0.25) is 0 Å². The highest BCUT2D eigenvalue weighted by Crippen LogP contribution is 2.27. The summed E-state index contributed by atoms with van der Waals surface area (Å²) >= 11 is 5.83. The van der Waals surface area contributed by atoms with E-state index in [9.17, 15) is 4.79 Å². The largest absolute Gasteiger partial charge is 0.466 e. The lowest BCUT2D eigenvalue weighted by molar-refractivity contribution is -0.142. The van der Waals surface area contributed by atoms with Crippen molar-refractivity contribution in [2.45, 2.75) is 18.2 Å². The summed E-state index contributed by atoms with van der Waals surface area (Å²) in [5.74, 6) is -0.234. The van der Waals surface area contributed by atoms with Crippen LogP contribution in [0.15, 0.2) is 23.1 Å². The maximum absolute atomic E-state index is 11.3. The molecule has 1 aromatic carbocycles. The molecule has 0 aliphatic rings. The number of para-hydroxylation sites is 1. The smallest absolute Gasteiger partial charge is 0.312 e. The zero-order valence-electron chi connectivity index (χ0n) is 8.77. The highest BCUT2D eigenvalue weighted by Gasteiger charge is 2.10. The molecule has 1 aromatic heterocycles. The summed E-state index contributed by atoms with van der Waals surface area (Å²) in [6, 6.07) is 5.79. The monoisotopic (exact) mass is 253 g/mol. The molecule has 2 rings (SSSR count). The van der Waals surface area contributed by atoms with Crippen molar-refractivity contribution >= 4 is 40.2 Å². The molecule has 1 heterocycles. The summed E-state index contributed by atoms with van der Waals surface area (Å²) in [5.41, 5.74) is 0.857. The van der Waals surface area contributed by atoms with E-state index in [2.05, 4.69) is 17.6 Å². The molecule has 0 atom stereocenters. The summed E-state index contributed by atoms with van der Waals surface area (Å²) in [6.07, 6.45) is 0.237. The molecule has 0 saturated heterocycles. The predicted molar refractivity (Wildman–Crippen MR) is 67.2 cm³/mol. The highest BCUT2D eigenvalue weighted by atomic mass is 32.1. The van der Waals surface area contributed by atoms with Crippen molar-refractivity contribution in [1.82, 2.24) is 4.98 Å². The van der Waals surface area contributed by atoms with Crippen molar-refractivity contribution in [3.63, 3.8) is 0 Å². The van der Waals surface area contributed by atoms with Gasteiger partial charge < -0.3 is 4.74 Å². The van der Waals surface area contributed by atoms with Gasteiger partial charge in [0.05, 0.1) is 23.2 Å². The first-order valence-electron chi connectivity index (χ1n) is 4.93. The van der Waals surface area contributed by atoms with E-state index >= 15 is 0 Å². The molecule has 2 aromatic rings. The Morgan fingerprint density at radius 2 is 2.38 bits per heavy atom. The summed E-state index contributed by atoms with van der Waals surface area (Å²) in [6.45, 7) is 2.20. The van der Waals surface area contributed by atoms with E-state index in [1.807, 2.05) is 18.2 Å². The van der Waals surface area contributed by atoms with Crippen molar-refractivity contribution in [3.8, 4) is 0 Å². The Bertz CT molecular complexity index is 522. The topological polar surface area (TPSA) is 39.2 Å². The van der Waals surface area contributed by atoms with E-state index < -0.39 is 0 Å². The number of carbonyl (C=O) groups is 1. The van der Waals surface area contributed by atoms with Crippen LogP contribution < -0.4 is 0 Å². The molecule has 0 aliphatic carbocycles. The molecule has 3 nitrogen and oxygen atoms in total. The average Bonchev–Trinajstić information content (AvgIpc) is 2.62. The molecule has 0 aliphatic heterocycles. The fraction of sp³-hybridized carbons (Fsp3) is 0.273. The molecule has 5 heteroatoms. The van der Waals surface area contributed by atoms with Crippen LogP contribution in [-0.2, 0) is 16.0 Å². The molecule has 0 amide bonds. The van der Waals surface area contributed by atoms with Gasteiger partial charge in [-0.2, -0.15) is 0 Å². The van der Waals surface area contributed by atoms with Crippen LogP contribution in [0, 0.1) is 0 Å². The molecular formula is C11H11NO2S2. The Hall–Kier alpha value is -1.07. The van der Waals surface area contributed by atoms with Crippen LogP contribution in [0.3, 0.4) is 0 Å². The molecule has 0 bridgehead atoms. The summed E-state index contributed by atoms with van der Waals surface area (Å²) in [4.78, 5) is 16.5. The summed E-state index contributed by atoms with van der Waals surface area (Å²) in [7, 11) is 0. The molecule has 0 unspecified atom stereocenters. The first-order valence-corrected chi connectivity index (χ1v) is 6.20. The summed E-state index contributed by atoms with van der Waals surface area (Å²) < 4.78 is 5.93. The van der Waals surface area contributed by atoms with E-state index in [-0.39, 0.29) is 12.4 Å². The van der Waals surface area contributed by atoms with Crippen molar-refractivity contribution in [1.29, 1.82) is 0 Å². The van der Waals surface area contributed by atoms with Gasteiger partial charge >= 0.3 is 5.97 Å². The van der Waals surface area contributed by atoms with Crippen molar-refractivity contribution < 1.29 is 9.53 Å². The molecule has 84 valence electrons. The zero-order valence-corrected chi connectivity index (χ0v) is 10.5. The van der Waals surface area contributed by atoms with Gasteiger partial charge in [0.15, 0.2) is 0 Å². The van der Waals surface area contributed by atoms with E-state index in [0.717, 1.165) is 20.1 Å². The second kappa shape index (κ2) is 4.84. The summed E-state index contributed by atoms with van der Waals surface area (Å²) in [5, 5.41) is 0.773. The first-order chi connectivity index (χ1) is 7.70. The van der Waals surface area contributed by atoms with E-state index in [0.29, 0.717) is 6.61 Å². The number of thiazole rings is 1. The molecule has 0 spiro atoms. The Morgan fingerprint density at radius 3 is 3.06 bits per heavy atom. The number of esters is 1. The number of thiol groups is 1. The third-order valence-electron chi connectivity index (χ3n) is 2.04. The van der Waals surface area contributed by atoms with Crippen molar-refractivity contribution in [2.75, 3.05) is 6.61 Å². The van der Waals surface area contributed by atoms with Gasteiger partial charge in [-0.05, 0) is 19.1 Å². The quantitative estimate of drug-likeness (QED) is 0.675. The fourth-order valence-electron chi connectivity index (χ4n) is 1.39. The molecule has 0 N–H and O–H groups in total. The lowest BCUT2D eigenvalue weighted by Crippen LogP contribution is -2.06. The highest BCUT2D eigenvalue weighted by molar-refractivity contribution is 7.80. The number of benzene rings is 1. The van der Waals surface area contributed by atoms with Gasteiger partial charge in [-0.1, -0.05) is 6.07 Å². The Kier molecular flexibility index (Phi) is 3.46. The lowest BCUT2D eigenvalue weighted by Gasteiger charge is -1.97. The maximum atomic E-state index is 11.3. The minimum Gasteiger partial charge on any atom is -0.466 e. The van der Waals surface area contributed by atoms with Crippen molar-refractivity contribution in [3.05, 3.63) is 23.2 Å². The van der Waals surface area contributed by atoms with Gasteiger partial charge in [0, 0.05) is 4.90 Å². The van der Waals surface area contributed by atoms with Crippen LogP contribution in [0.1, 0.15) is 11.9 Å². The third kappa shape index (κ3) is 2.36. The number of fused-ring (bicyclic) bond motifs is 1. The van der Waals surface area contributed by atoms with Gasteiger partial charge in [0.2, 0.25) is 0 Å². The van der Waals surface area contributed by atoms with Gasteiger partial charge in [-0.25, -0.2) is 4.98 Å². The van der Waals surface area contributed by atoms with Gasteiger partial charge in [-0.3, -0.25) is 4.79 Å². The SMILES string of the molecule is CCOC(=O)Cc1nc2c(S)cccc2s1. The maximum Gasteiger partial charge on any atom is 0.312 e. The number of ether oxygens (including phenoxy) is 1. The van der Waals surface area contributed by atoms with Gasteiger partial charge in [-0.15, -0.1) is 24.0 Å². The normalized spacial score (nSPS) is 10.6. The first kappa shape index (κ1) is 11.4. The molecule has 0 fully saturated rings. The standard InChI is InChI=1S/C11H11NO2S2/c1-2-14-10(13)6-9-12-11-7(15)4-3-5-8(11)16-9/h3-5,15H,2,6H2,1H3. The Morgan fingerprint density at radius 1 is 1.56 bits per heavy atom. The number of aromatic nitrogens is 1. The number of hydrogen-bond acceptors (Lipinski definition) is 5. The van der Waals surface area contributed by atoms with Crippen molar-refractivity contribution in [2.24, 2.45) is 0 Å². The number of hydrogen-bond donors (Lipinski definition) is 1. The van der Waals surface area contributed by atoms with Crippen LogP contribution in [-0.4, -0.2) is 17.6 Å². The van der Waals surface area contributed by atoms with Crippen LogP contribution in [0.25, 0.3) is 10.2 Å². The Balaban J connectivity index is 2.26. The van der Waals surface area contributed by atoms with E-state index in [1.54, 1.807) is 6.92 Å². The predicted octanol–water partition coefficient (Wildman–Crippen LogP) is 2.69. The Labute approximate surface area is 103 Å². The molecule has 16 heavy (non-hydrogen) atoms.